The third kappa shape index (κ3) is 36.5. The van der Waals surface area contributed by atoms with Gasteiger partial charge in [0, 0.05) is 0 Å². The van der Waals surface area contributed by atoms with Gasteiger partial charge in [-0.3, -0.25) is 0 Å². The molecule has 0 aliphatic carbocycles. The summed E-state index contributed by atoms with van der Waals surface area (Å²) in [7, 11) is 0. The molecule has 0 saturated carbocycles. The normalized spacial score (nSPS) is 3.33. The summed E-state index contributed by atoms with van der Waals surface area (Å²) in [5.41, 5.74) is 0. The van der Waals surface area contributed by atoms with Gasteiger partial charge < -0.3 is 32.7 Å². The average molecular weight is 126 g/mol. The molecule has 36 valence electrons. The predicted octanol–water partition coefficient (Wildman–Crippen LogP) is 1.41. The fourth-order valence-electron chi connectivity index (χ4n) is 0. The van der Waals surface area contributed by atoms with Crippen molar-refractivity contribution in [3.05, 3.63) is 32.7 Å². The zero-order valence-electron chi connectivity index (χ0n) is 3.64. The van der Waals surface area contributed by atoms with Crippen molar-refractivity contribution in [2.24, 2.45) is 0 Å². The molecule has 0 nitrogen and oxygen atoms in total. The third-order valence-electron chi connectivity index (χ3n) is 0.111. The maximum Gasteiger partial charge on any atom is 3.00 e. The minimum absolute atomic E-state index is 0. The smallest absolute Gasteiger partial charge is 0.394 e. The summed E-state index contributed by atoms with van der Waals surface area (Å²) in [6.45, 7) is 9.44. The van der Waals surface area contributed by atoms with E-state index >= 15 is 0 Å². The van der Waals surface area contributed by atoms with Crippen molar-refractivity contribution in [1.29, 1.82) is 0 Å². The van der Waals surface area contributed by atoms with Crippen molar-refractivity contribution in [2.75, 3.05) is 0 Å². The zero-order valence-corrected chi connectivity index (χ0v) is 4.68. The Labute approximate surface area is 50.1 Å². The number of rotatable bonds is 1. The molecule has 0 aromatic carbocycles. The average Bonchev–Trinajstić information content (AvgIpc) is 1.37. The van der Waals surface area contributed by atoms with Crippen LogP contribution in [0.1, 0.15) is 0 Å². The molecule has 0 aromatic heterocycles. The van der Waals surface area contributed by atoms with Crippen LogP contribution in [0.5, 0.6) is 0 Å². The fraction of sp³-hybridized carbons (Fsp3) is 0. The van der Waals surface area contributed by atoms with E-state index in [0.29, 0.717) is 0 Å². The summed E-state index contributed by atoms with van der Waals surface area (Å²) in [6, 6.07) is 0. The molecule has 0 unspecified atom stereocenters. The van der Waals surface area contributed by atoms with Gasteiger partial charge >= 0.3 is 16.8 Å². The predicted molar refractivity (Wildman–Crippen MR) is 24.2 cm³/mol. The van der Waals surface area contributed by atoms with Gasteiger partial charge in [0.15, 0.2) is 0 Å². The van der Waals surface area contributed by atoms with Gasteiger partial charge in [-0.25, -0.2) is 0 Å². The van der Waals surface area contributed by atoms with Crippen LogP contribution in [0, 0.1) is 20.6 Å². The molecule has 1 heteroatoms. The Morgan fingerprint density at radius 3 is 1.17 bits per heavy atom. The van der Waals surface area contributed by atoms with E-state index in [0.717, 1.165) is 0 Å². The van der Waals surface area contributed by atoms with Gasteiger partial charge in [0.25, 0.3) is 0 Å². The van der Waals surface area contributed by atoms with Crippen LogP contribution in [0.15, 0.2) is 12.2 Å². The first-order valence-corrected chi connectivity index (χ1v) is 1.00. The Morgan fingerprint density at radius 1 is 1.00 bits per heavy atom. The van der Waals surface area contributed by atoms with E-state index < -0.39 is 0 Å². The van der Waals surface area contributed by atoms with Crippen LogP contribution in [0.2, 0.25) is 0 Å². The Bertz CT molecular complexity index is 24.9. The van der Waals surface area contributed by atoms with E-state index in [9.17, 15) is 0 Å². The SMILES string of the molecule is [CH-]=CC=[CH-].[CH3-].[Co+3]. The van der Waals surface area contributed by atoms with Crippen LogP contribution >= 0.6 is 0 Å². The van der Waals surface area contributed by atoms with Crippen molar-refractivity contribution < 1.29 is 16.8 Å². The second-order valence-electron chi connectivity index (χ2n) is 0.385. The second kappa shape index (κ2) is 20.1. The van der Waals surface area contributed by atoms with Crippen molar-refractivity contribution in [1.82, 2.24) is 0 Å². The van der Waals surface area contributed by atoms with Crippen LogP contribution in [-0.2, 0) is 16.8 Å². The number of allylic oxidation sites excluding steroid dienone is 2. The third-order valence-corrected chi connectivity index (χ3v) is 0.111. The van der Waals surface area contributed by atoms with Gasteiger partial charge in [-0.1, -0.05) is 0 Å². The fourth-order valence-corrected chi connectivity index (χ4v) is 0. The van der Waals surface area contributed by atoms with Gasteiger partial charge in [0.2, 0.25) is 0 Å². The van der Waals surface area contributed by atoms with Crippen LogP contribution in [-0.4, -0.2) is 0 Å². The molecule has 0 aromatic rings. The van der Waals surface area contributed by atoms with E-state index in [1.807, 2.05) is 0 Å². The van der Waals surface area contributed by atoms with E-state index in [1.54, 1.807) is 0 Å². The molecule has 0 aliphatic heterocycles. The van der Waals surface area contributed by atoms with Gasteiger partial charge in [-0.05, 0) is 0 Å². The Balaban J connectivity index is -0.0000000450. The molecule has 0 fully saturated rings. The Hall–Kier alpha value is -0.0135. The first-order chi connectivity index (χ1) is 1.91. The van der Waals surface area contributed by atoms with Crippen molar-refractivity contribution >= 4 is 0 Å². The minimum atomic E-state index is 0. The molecule has 0 rings (SSSR count). The molecule has 6 heavy (non-hydrogen) atoms. The molecule has 0 aliphatic rings. The van der Waals surface area contributed by atoms with Gasteiger partial charge in [0.1, 0.15) is 0 Å². The van der Waals surface area contributed by atoms with Crippen LogP contribution in [0.4, 0.5) is 0 Å². The summed E-state index contributed by atoms with van der Waals surface area (Å²) in [4.78, 5) is 0. The monoisotopic (exact) mass is 126 g/mol. The molecule has 0 spiro atoms. The molecule has 0 bridgehead atoms. The maximum atomic E-state index is 4.72. The molecule has 0 amide bonds. The minimum Gasteiger partial charge on any atom is -0.394 e. The Morgan fingerprint density at radius 2 is 1.17 bits per heavy atom. The number of hydrogen-bond acceptors (Lipinski definition) is 0. The van der Waals surface area contributed by atoms with E-state index in [4.69, 9.17) is 13.2 Å². The number of hydrogen-bond donors (Lipinski definition) is 0. The zero-order chi connectivity index (χ0) is 3.41. The molecule has 0 atom stereocenters. The summed E-state index contributed by atoms with van der Waals surface area (Å²) in [6.07, 6.45) is 2.56. The van der Waals surface area contributed by atoms with Crippen LogP contribution in [0.3, 0.4) is 0 Å². The van der Waals surface area contributed by atoms with Gasteiger partial charge in [-0.2, -0.15) is 0 Å². The largest absolute Gasteiger partial charge is 3.00 e. The Kier molecular flexibility index (Phi) is 55.9. The first kappa shape index (κ1) is 16.7. The summed E-state index contributed by atoms with van der Waals surface area (Å²) in [5.74, 6) is 0. The maximum absolute atomic E-state index is 4.72. The second-order valence-corrected chi connectivity index (χ2v) is 0.385. The standard InChI is InChI=1S/C4H4.CH3.Co/c1-3-4-2;;/h1-4H;1H3;/q-2;-1;+3. The topological polar surface area (TPSA) is 0 Å². The van der Waals surface area contributed by atoms with Crippen molar-refractivity contribution in [2.45, 2.75) is 0 Å². The van der Waals surface area contributed by atoms with Crippen molar-refractivity contribution in [3.8, 4) is 0 Å². The molecular weight excluding hydrogens is 119 g/mol. The molecular formula is C5H7Co. The van der Waals surface area contributed by atoms with Crippen LogP contribution < -0.4 is 0 Å². The summed E-state index contributed by atoms with van der Waals surface area (Å²) >= 11 is 0. The van der Waals surface area contributed by atoms with Gasteiger partial charge in [0.05, 0.1) is 0 Å². The molecule has 0 radical (unpaired) electrons. The molecule has 0 saturated heterocycles. The summed E-state index contributed by atoms with van der Waals surface area (Å²) < 4.78 is 0. The van der Waals surface area contributed by atoms with Gasteiger partial charge in [-0.15, -0.1) is 0 Å². The first-order valence-electron chi connectivity index (χ1n) is 1.00. The van der Waals surface area contributed by atoms with Crippen molar-refractivity contribution in [3.63, 3.8) is 0 Å². The molecule has 0 heterocycles. The van der Waals surface area contributed by atoms with E-state index in [2.05, 4.69) is 0 Å². The van der Waals surface area contributed by atoms with E-state index in [-0.39, 0.29) is 24.2 Å². The van der Waals surface area contributed by atoms with E-state index in [1.165, 1.54) is 12.2 Å². The quantitative estimate of drug-likeness (QED) is 0.368. The summed E-state index contributed by atoms with van der Waals surface area (Å²) in [5, 5.41) is 0. The molecule has 0 N–H and O–H groups in total. The van der Waals surface area contributed by atoms with Crippen LogP contribution in [0.25, 0.3) is 0 Å².